The lowest BCUT2D eigenvalue weighted by Crippen LogP contribution is -2.43. The Morgan fingerprint density at radius 2 is 1.82 bits per heavy atom. The highest BCUT2D eigenvalue weighted by Gasteiger charge is 2.10. The Balaban J connectivity index is 0. The van der Waals surface area contributed by atoms with E-state index in [4.69, 9.17) is 4.74 Å². The minimum absolute atomic E-state index is 0. The van der Waals surface area contributed by atoms with Gasteiger partial charge in [-0.1, -0.05) is 0 Å². The molecule has 0 bridgehead atoms. The number of methoxy groups -OCH3 is 1. The Bertz CT molecular complexity index is 291. The van der Waals surface area contributed by atoms with Gasteiger partial charge in [0.1, 0.15) is 11.6 Å². The summed E-state index contributed by atoms with van der Waals surface area (Å²) in [4.78, 5) is 6.62. The molecule has 0 radical (unpaired) electrons. The molecule has 1 N–H and O–H groups in total. The van der Waals surface area contributed by atoms with Crippen LogP contribution < -0.4 is 15.0 Å². The van der Waals surface area contributed by atoms with Crippen molar-refractivity contribution in [2.45, 2.75) is 0 Å². The zero-order chi connectivity index (χ0) is 9.80. The van der Waals surface area contributed by atoms with Crippen molar-refractivity contribution in [1.29, 1.82) is 0 Å². The van der Waals surface area contributed by atoms with Crippen LogP contribution in [0.5, 0.6) is 5.75 Å². The van der Waals surface area contributed by atoms with Gasteiger partial charge in [-0.3, -0.25) is 0 Å². The Labute approximate surface area is 120 Å². The van der Waals surface area contributed by atoms with Gasteiger partial charge >= 0.3 is 0 Å². The number of anilines is 1. The second-order valence-electron chi connectivity index (χ2n) is 3.29. The SMILES string of the molecule is COc1ccc(N2CCNCC2)nc1.Cl.Cl.Cl. The molecule has 2 rings (SSSR count). The van der Waals surface area contributed by atoms with Crippen LogP contribution in [0.15, 0.2) is 18.3 Å². The predicted molar refractivity (Wildman–Crippen MR) is 77.6 cm³/mol. The summed E-state index contributed by atoms with van der Waals surface area (Å²) in [6, 6.07) is 3.95. The third kappa shape index (κ3) is 5.17. The van der Waals surface area contributed by atoms with Crippen LogP contribution in [0.3, 0.4) is 0 Å². The average molecular weight is 303 g/mol. The van der Waals surface area contributed by atoms with E-state index >= 15 is 0 Å². The number of nitrogens with one attached hydrogen (secondary N) is 1. The fraction of sp³-hybridized carbons (Fsp3) is 0.500. The van der Waals surface area contributed by atoms with Crippen molar-refractivity contribution in [3.63, 3.8) is 0 Å². The Morgan fingerprint density at radius 3 is 2.29 bits per heavy atom. The molecule has 0 atom stereocenters. The average Bonchev–Trinajstić information content (AvgIpc) is 2.30. The number of rotatable bonds is 2. The van der Waals surface area contributed by atoms with Gasteiger partial charge < -0.3 is 15.0 Å². The molecule has 1 aromatic rings. The van der Waals surface area contributed by atoms with Gasteiger partial charge in [0.05, 0.1) is 13.3 Å². The Kier molecular flexibility index (Phi) is 10.7. The highest BCUT2D eigenvalue weighted by molar-refractivity contribution is 5.86. The van der Waals surface area contributed by atoms with Crippen LogP contribution in [0.25, 0.3) is 0 Å². The first-order valence-corrected chi connectivity index (χ1v) is 4.86. The Hall–Kier alpha value is -0.420. The fourth-order valence-corrected chi connectivity index (χ4v) is 1.57. The fourth-order valence-electron chi connectivity index (χ4n) is 1.57. The summed E-state index contributed by atoms with van der Waals surface area (Å²) in [6.07, 6.45) is 1.76. The van der Waals surface area contributed by atoms with Gasteiger partial charge in [0, 0.05) is 26.2 Å². The van der Waals surface area contributed by atoms with Crippen LogP contribution in [0.4, 0.5) is 5.82 Å². The highest BCUT2D eigenvalue weighted by Crippen LogP contribution is 2.15. The first-order valence-electron chi connectivity index (χ1n) is 4.86. The van der Waals surface area contributed by atoms with Gasteiger partial charge in [-0.25, -0.2) is 4.98 Å². The number of ether oxygens (including phenoxy) is 1. The zero-order valence-electron chi connectivity index (χ0n) is 9.59. The number of nitrogens with zero attached hydrogens (tertiary/aromatic N) is 2. The number of pyridine rings is 1. The van der Waals surface area contributed by atoms with Crippen LogP contribution in [-0.2, 0) is 0 Å². The van der Waals surface area contributed by atoms with Crippen LogP contribution >= 0.6 is 37.2 Å². The third-order valence-corrected chi connectivity index (χ3v) is 2.40. The van der Waals surface area contributed by atoms with Crippen molar-refractivity contribution in [2.75, 3.05) is 38.2 Å². The van der Waals surface area contributed by atoms with E-state index in [0.29, 0.717) is 0 Å². The summed E-state index contributed by atoms with van der Waals surface area (Å²) in [5, 5.41) is 3.31. The molecular formula is C10H18Cl3N3O. The van der Waals surface area contributed by atoms with Crippen molar-refractivity contribution in [3.8, 4) is 5.75 Å². The minimum atomic E-state index is 0. The predicted octanol–water partition coefficient (Wildman–Crippen LogP) is 1.77. The van der Waals surface area contributed by atoms with Crippen LogP contribution in [-0.4, -0.2) is 38.3 Å². The molecule has 17 heavy (non-hydrogen) atoms. The number of hydrogen-bond acceptors (Lipinski definition) is 4. The van der Waals surface area contributed by atoms with Crippen molar-refractivity contribution < 1.29 is 4.74 Å². The molecule has 1 aromatic heterocycles. The normalized spacial score (nSPS) is 13.8. The van der Waals surface area contributed by atoms with Gasteiger partial charge in [-0.05, 0) is 12.1 Å². The second-order valence-corrected chi connectivity index (χ2v) is 3.29. The maximum Gasteiger partial charge on any atom is 0.137 e. The van der Waals surface area contributed by atoms with E-state index in [1.165, 1.54) is 0 Å². The molecule has 0 aromatic carbocycles. The third-order valence-electron chi connectivity index (χ3n) is 2.40. The van der Waals surface area contributed by atoms with E-state index in [-0.39, 0.29) is 37.2 Å². The second kappa shape index (κ2) is 9.59. The largest absolute Gasteiger partial charge is 0.495 e. The molecule has 4 nitrogen and oxygen atoms in total. The van der Waals surface area contributed by atoms with Gasteiger partial charge in [0.25, 0.3) is 0 Å². The number of piperazine rings is 1. The molecule has 1 fully saturated rings. The van der Waals surface area contributed by atoms with Crippen LogP contribution in [0.2, 0.25) is 0 Å². The molecular weight excluding hydrogens is 284 g/mol. The lowest BCUT2D eigenvalue weighted by Gasteiger charge is -2.28. The molecule has 0 saturated carbocycles. The lowest BCUT2D eigenvalue weighted by molar-refractivity contribution is 0.413. The molecule has 0 unspecified atom stereocenters. The monoisotopic (exact) mass is 301 g/mol. The smallest absolute Gasteiger partial charge is 0.137 e. The van der Waals surface area contributed by atoms with E-state index in [0.717, 1.165) is 37.7 Å². The maximum atomic E-state index is 5.06. The molecule has 1 aliphatic rings. The lowest BCUT2D eigenvalue weighted by atomic mass is 10.3. The van der Waals surface area contributed by atoms with Crippen molar-refractivity contribution >= 4 is 43.0 Å². The maximum absolute atomic E-state index is 5.06. The molecule has 0 aliphatic carbocycles. The quantitative estimate of drug-likeness (QED) is 0.903. The summed E-state index contributed by atoms with van der Waals surface area (Å²) < 4.78 is 5.06. The van der Waals surface area contributed by atoms with E-state index in [9.17, 15) is 0 Å². The van der Waals surface area contributed by atoms with E-state index < -0.39 is 0 Å². The van der Waals surface area contributed by atoms with E-state index in [1.54, 1.807) is 13.3 Å². The number of hydrogen-bond donors (Lipinski definition) is 1. The van der Waals surface area contributed by atoms with Gasteiger partial charge in [-0.15, -0.1) is 37.2 Å². The molecule has 7 heteroatoms. The molecule has 0 amide bonds. The van der Waals surface area contributed by atoms with E-state index in [1.807, 2.05) is 12.1 Å². The standard InChI is InChI=1S/C10H15N3O.3ClH/c1-14-9-2-3-10(12-8-9)13-6-4-11-5-7-13;;;/h2-3,8,11H,4-7H2,1H3;3*1H. The molecule has 1 saturated heterocycles. The molecule has 2 heterocycles. The highest BCUT2D eigenvalue weighted by atomic mass is 35.5. The first kappa shape index (κ1) is 18.9. The summed E-state index contributed by atoms with van der Waals surface area (Å²) >= 11 is 0. The van der Waals surface area contributed by atoms with E-state index in [2.05, 4.69) is 15.2 Å². The van der Waals surface area contributed by atoms with Crippen molar-refractivity contribution in [3.05, 3.63) is 18.3 Å². The molecule has 100 valence electrons. The van der Waals surface area contributed by atoms with Crippen molar-refractivity contribution in [1.82, 2.24) is 10.3 Å². The summed E-state index contributed by atoms with van der Waals surface area (Å²) in [5.41, 5.74) is 0. The first-order chi connectivity index (χ1) is 6.90. The van der Waals surface area contributed by atoms with Crippen LogP contribution in [0.1, 0.15) is 0 Å². The molecule has 0 spiro atoms. The summed E-state index contributed by atoms with van der Waals surface area (Å²) in [7, 11) is 1.65. The minimum Gasteiger partial charge on any atom is -0.495 e. The summed E-state index contributed by atoms with van der Waals surface area (Å²) in [6.45, 7) is 4.13. The number of aromatic nitrogens is 1. The van der Waals surface area contributed by atoms with Gasteiger partial charge in [0.2, 0.25) is 0 Å². The summed E-state index contributed by atoms with van der Waals surface area (Å²) in [5.74, 6) is 1.84. The Morgan fingerprint density at radius 1 is 1.18 bits per heavy atom. The van der Waals surface area contributed by atoms with Crippen molar-refractivity contribution in [2.24, 2.45) is 0 Å². The van der Waals surface area contributed by atoms with Gasteiger partial charge in [0.15, 0.2) is 0 Å². The topological polar surface area (TPSA) is 37.4 Å². The molecule has 1 aliphatic heterocycles. The van der Waals surface area contributed by atoms with Crippen LogP contribution in [0, 0.1) is 0 Å². The number of halogens is 3. The van der Waals surface area contributed by atoms with Gasteiger partial charge in [-0.2, -0.15) is 0 Å². The zero-order valence-corrected chi connectivity index (χ0v) is 12.0.